The van der Waals surface area contributed by atoms with E-state index in [1.54, 1.807) is 0 Å². The quantitative estimate of drug-likeness (QED) is 0.712. The Labute approximate surface area is 166 Å². The van der Waals surface area contributed by atoms with Gasteiger partial charge in [0, 0.05) is 6.04 Å². The van der Waals surface area contributed by atoms with E-state index in [2.05, 4.69) is 48.7 Å². The first-order valence-electron chi connectivity index (χ1n) is 9.97. The number of carbonyl (C=O) groups is 2. The molecule has 1 fully saturated rings. The zero-order valence-corrected chi connectivity index (χ0v) is 16.5. The van der Waals surface area contributed by atoms with Crippen LogP contribution >= 0.6 is 0 Å². The molecule has 2 aromatic rings. The van der Waals surface area contributed by atoms with Gasteiger partial charge in [0.1, 0.15) is 0 Å². The van der Waals surface area contributed by atoms with Crippen molar-refractivity contribution >= 4 is 11.9 Å². The SMILES string of the molecule is CC(C)c1ccc(C(NC(=O)C2CCCC2NC(N)=O)c2ccccc2)cc1. The van der Waals surface area contributed by atoms with Gasteiger partial charge in [0.2, 0.25) is 5.91 Å². The van der Waals surface area contributed by atoms with Gasteiger partial charge in [-0.3, -0.25) is 4.79 Å². The third kappa shape index (κ3) is 4.71. The molecule has 148 valence electrons. The predicted molar refractivity (Wildman–Crippen MR) is 111 cm³/mol. The molecule has 0 bridgehead atoms. The Hall–Kier alpha value is -2.82. The lowest BCUT2D eigenvalue weighted by atomic mass is 9.94. The van der Waals surface area contributed by atoms with Crippen LogP contribution < -0.4 is 16.4 Å². The van der Waals surface area contributed by atoms with E-state index in [9.17, 15) is 9.59 Å². The van der Waals surface area contributed by atoms with Gasteiger partial charge in [0.05, 0.1) is 12.0 Å². The maximum absolute atomic E-state index is 13.1. The van der Waals surface area contributed by atoms with Gasteiger partial charge in [0.15, 0.2) is 0 Å². The molecular formula is C23H29N3O2. The molecule has 1 aliphatic rings. The van der Waals surface area contributed by atoms with Crippen molar-refractivity contribution in [3.8, 4) is 0 Å². The number of primary amides is 1. The fraction of sp³-hybridized carbons (Fsp3) is 0.391. The minimum atomic E-state index is -0.575. The second-order valence-electron chi connectivity index (χ2n) is 7.83. The molecule has 1 aliphatic carbocycles. The summed E-state index contributed by atoms with van der Waals surface area (Å²) < 4.78 is 0. The highest BCUT2D eigenvalue weighted by Gasteiger charge is 2.34. The minimum absolute atomic E-state index is 0.0435. The zero-order valence-electron chi connectivity index (χ0n) is 16.5. The highest BCUT2D eigenvalue weighted by atomic mass is 16.2. The molecule has 3 unspecified atom stereocenters. The van der Waals surface area contributed by atoms with Crippen LogP contribution in [-0.4, -0.2) is 18.0 Å². The van der Waals surface area contributed by atoms with Gasteiger partial charge >= 0.3 is 6.03 Å². The van der Waals surface area contributed by atoms with Crippen LogP contribution in [0.4, 0.5) is 4.79 Å². The van der Waals surface area contributed by atoms with E-state index in [0.29, 0.717) is 5.92 Å². The van der Waals surface area contributed by atoms with Crippen LogP contribution in [0.2, 0.25) is 0 Å². The largest absolute Gasteiger partial charge is 0.352 e. The summed E-state index contributed by atoms with van der Waals surface area (Å²) in [6, 6.07) is 17.4. The molecular weight excluding hydrogens is 350 g/mol. The van der Waals surface area contributed by atoms with Crippen molar-refractivity contribution in [2.45, 2.75) is 51.1 Å². The molecule has 3 atom stereocenters. The van der Waals surface area contributed by atoms with Gasteiger partial charge in [-0.15, -0.1) is 0 Å². The van der Waals surface area contributed by atoms with E-state index in [1.165, 1.54) is 5.56 Å². The van der Waals surface area contributed by atoms with Crippen LogP contribution in [0.3, 0.4) is 0 Å². The first-order chi connectivity index (χ1) is 13.5. The molecule has 28 heavy (non-hydrogen) atoms. The normalized spacial score (nSPS) is 20.0. The summed E-state index contributed by atoms with van der Waals surface area (Å²) in [6.45, 7) is 4.33. The van der Waals surface area contributed by atoms with Crippen molar-refractivity contribution < 1.29 is 9.59 Å². The van der Waals surface area contributed by atoms with Gasteiger partial charge in [0.25, 0.3) is 0 Å². The standard InChI is InChI=1S/C23H29N3O2/c1-15(2)16-11-13-18(14-12-16)21(17-7-4-3-5-8-17)26-22(27)19-9-6-10-20(19)25-23(24)28/h3-5,7-8,11-15,19-21H,6,9-10H2,1-2H3,(H,26,27)(H3,24,25,28). The van der Waals surface area contributed by atoms with Crippen molar-refractivity contribution in [3.05, 3.63) is 71.3 Å². The average molecular weight is 380 g/mol. The molecule has 0 saturated heterocycles. The van der Waals surface area contributed by atoms with E-state index in [1.807, 2.05) is 30.3 Å². The van der Waals surface area contributed by atoms with Gasteiger partial charge < -0.3 is 16.4 Å². The molecule has 0 spiro atoms. The molecule has 2 aromatic carbocycles. The van der Waals surface area contributed by atoms with E-state index < -0.39 is 6.03 Å². The number of rotatable bonds is 6. The Kier molecular flexibility index (Phi) is 6.34. The molecule has 0 aliphatic heterocycles. The summed E-state index contributed by atoms with van der Waals surface area (Å²) in [5.41, 5.74) is 8.62. The Morgan fingerprint density at radius 2 is 1.54 bits per heavy atom. The highest BCUT2D eigenvalue weighted by Crippen LogP contribution is 2.29. The smallest absolute Gasteiger partial charge is 0.312 e. The first kappa shape index (κ1) is 19.9. The number of hydrogen-bond acceptors (Lipinski definition) is 2. The van der Waals surface area contributed by atoms with Gasteiger partial charge in [-0.2, -0.15) is 0 Å². The Balaban J connectivity index is 1.83. The summed E-state index contributed by atoms with van der Waals surface area (Å²) in [4.78, 5) is 24.3. The lowest BCUT2D eigenvalue weighted by molar-refractivity contribution is -0.125. The third-order valence-electron chi connectivity index (χ3n) is 5.54. The van der Waals surface area contributed by atoms with Crippen LogP contribution in [0, 0.1) is 5.92 Å². The Bertz CT molecular complexity index is 802. The third-order valence-corrected chi connectivity index (χ3v) is 5.54. The van der Waals surface area contributed by atoms with E-state index in [0.717, 1.165) is 30.4 Å². The summed E-state index contributed by atoms with van der Waals surface area (Å²) in [5, 5.41) is 5.94. The van der Waals surface area contributed by atoms with Crippen LogP contribution in [0.15, 0.2) is 54.6 Å². The molecule has 1 saturated carbocycles. The lowest BCUT2D eigenvalue weighted by Crippen LogP contribution is -2.46. The minimum Gasteiger partial charge on any atom is -0.352 e. The second-order valence-corrected chi connectivity index (χ2v) is 7.83. The molecule has 5 heteroatoms. The van der Waals surface area contributed by atoms with Crippen LogP contribution in [-0.2, 0) is 4.79 Å². The van der Waals surface area contributed by atoms with Gasteiger partial charge in [-0.25, -0.2) is 4.79 Å². The van der Waals surface area contributed by atoms with Crippen LogP contribution in [0.1, 0.15) is 61.8 Å². The van der Waals surface area contributed by atoms with Gasteiger partial charge in [-0.1, -0.05) is 74.9 Å². The summed E-state index contributed by atoms with van der Waals surface area (Å²) in [5.74, 6) is 0.157. The number of benzene rings is 2. The topological polar surface area (TPSA) is 84.2 Å². The lowest BCUT2D eigenvalue weighted by Gasteiger charge is -2.25. The number of hydrogen-bond donors (Lipinski definition) is 3. The van der Waals surface area contributed by atoms with E-state index >= 15 is 0 Å². The molecule has 5 nitrogen and oxygen atoms in total. The van der Waals surface area contributed by atoms with E-state index in [4.69, 9.17) is 5.73 Å². The molecule has 0 radical (unpaired) electrons. The average Bonchev–Trinajstić information content (AvgIpc) is 3.14. The van der Waals surface area contributed by atoms with E-state index in [-0.39, 0.29) is 23.9 Å². The zero-order chi connectivity index (χ0) is 20.1. The summed E-state index contributed by atoms with van der Waals surface area (Å²) >= 11 is 0. The fourth-order valence-electron chi connectivity index (χ4n) is 3.96. The Morgan fingerprint density at radius 3 is 2.14 bits per heavy atom. The predicted octanol–water partition coefficient (Wildman–Crippen LogP) is 3.85. The second kappa shape index (κ2) is 8.91. The maximum Gasteiger partial charge on any atom is 0.312 e. The van der Waals surface area contributed by atoms with Crippen molar-refractivity contribution in [1.82, 2.24) is 10.6 Å². The van der Waals surface area contributed by atoms with Gasteiger partial charge in [-0.05, 0) is 35.4 Å². The summed E-state index contributed by atoms with van der Waals surface area (Å²) in [7, 11) is 0. The van der Waals surface area contributed by atoms with Crippen molar-refractivity contribution in [3.63, 3.8) is 0 Å². The van der Waals surface area contributed by atoms with Crippen molar-refractivity contribution in [1.29, 1.82) is 0 Å². The van der Waals surface area contributed by atoms with Crippen molar-refractivity contribution in [2.75, 3.05) is 0 Å². The summed E-state index contributed by atoms with van der Waals surface area (Å²) in [6.07, 6.45) is 2.44. The molecule has 0 heterocycles. The molecule has 0 aromatic heterocycles. The van der Waals surface area contributed by atoms with Crippen LogP contribution in [0.5, 0.6) is 0 Å². The monoisotopic (exact) mass is 379 g/mol. The number of nitrogens with one attached hydrogen (secondary N) is 2. The van der Waals surface area contributed by atoms with Crippen molar-refractivity contribution in [2.24, 2.45) is 11.7 Å². The molecule has 3 rings (SSSR count). The number of urea groups is 1. The van der Waals surface area contributed by atoms with Crippen LogP contribution in [0.25, 0.3) is 0 Å². The maximum atomic E-state index is 13.1. The number of carbonyl (C=O) groups excluding carboxylic acids is 2. The molecule has 3 amide bonds. The molecule has 4 N–H and O–H groups in total. The Morgan fingerprint density at radius 1 is 0.929 bits per heavy atom. The highest BCUT2D eigenvalue weighted by molar-refractivity contribution is 5.82. The fourth-order valence-corrected chi connectivity index (χ4v) is 3.96. The number of nitrogens with two attached hydrogens (primary N) is 1. The first-order valence-corrected chi connectivity index (χ1v) is 9.97. The number of amides is 3.